The van der Waals surface area contributed by atoms with Gasteiger partial charge in [-0.05, 0) is 92.5 Å². The van der Waals surface area contributed by atoms with Gasteiger partial charge in [0.25, 0.3) is 0 Å². The molecule has 4 heterocycles. The van der Waals surface area contributed by atoms with Gasteiger partial charge in [0.2, 0.25) is 5.95 Å². The summed E-state index contributed by atoms with van der Waals surface area (Å²) in [7, 11) is 0. The second-order valence-electron chi connectivity index (χ2n) is 14.0. The van der Waals surface area contributed by atoms with Gasteiger partial charge in [0.15, 0.2) is 0 Å². The fourth-order valence-corrected chi connectivity index (χ4v) is 9.27. The number of hydrogen-bond donors (Lipinski definition) is 0. The fraction of sp³-hybridized carbons (Fsp3) is 0.0208. The molecule has 2 aliphatic carbocycles. The van der Waals surface area contributed by atoms with Gasteiger partial charge in [-0.1, -0.05) is 109 Å². The van der Waals surface area contributed by atoms with Crippen LogP contribution in [0.5, 0.6) is 0 Å². The third-order valence-corrected chi connectivity index (χ3v) is 11.4. The molecule has 0 bridgehead atoms. The summed E-state index contributed by atoms with van der Waals surface area (Å²) < 4.78 is 8.81. The van der Waals surface area contributed by atoms with Gasteiger partial charge in [0.1, 0.15) is 16.8 Å². The topological polar surface area (TPSA) is 56.7 Å². The average Bonchev–Trinajstić information content (AvgIpc) is 3.83. The van der Waals surface area contributed by atoms with Gasteiger partial charge in [0, 0.05) is 45.7 Å². The Labute approximate surface area is 304 Å². The van der Waals surface area contributed by atoms with Crippen molar-refractivity contribution in [1.82, 2.24) is 19.5 Å². The number of pyridine rings is 1. The van der Waals surface area contributed by atoms with Gasteiger partial charge in [0.05, 0.1) is 10.9 Å². The average molecular weight is 677 g/mol. The van der Waals surface area contributed by atoms with Crippen LogP contribution in [-0.2, 0) is 5.41 Å². The first-order chi connectivity index (χ1) is 26.3. The highest BCUT2D eigenvalue weighted by atomic mass is 16.3. The Morgan fingerprint density at radius 2 is 1.23 bits per heavy atom. The third kappa shape index (κ3) is 3.73. The predicted molar refractivity (Wildman–Crippen MR) is 213 cm³/mol. The number of nitrogens with zero attached hydrogens (tertiary/aromatic N) is 4. The lowest BCUT2D eigenvalue weighted by atomic mass is 9.65. The van der Waals surface area contributed by atoms with Crippen LogP contribution in [0.4, 0.5) is 0 Å². The lowest BCUT2D eigenvalue weighted by Crippen LogP contribution is -2.30. The summed E-state index contributed by atoms with van der Waals surface area (Å²) in [6, 6.07) is 50.4. The number of aromatic nitrogens is 4. The van der Waals surface area contributed by atoms with Crippen LogP contribution in [0.1, 0.15) is 33.4 Å². The summed E-state index contributed by atoms with van der Waals surface area (Å²) in [5.74, 6) is 0.605. The molecule has 1 spiro atoms. The molecular weight excluding hydrogens is 649 g/mol. The van der Waals surface area contributed by atoms with Gasteiger partial charge in [-0.25, -0.2) is 15.0 Å². The number of furan rings is 1. The van der Waals surface area contributed by atoms with Crippen LogP contribution >= 0.6 is 0 Å². The molecule has 1 atom stereocenters. The van der Waals surface area contributed by atoms with Crippen LogP contribution in [0, 0.1) is 0 Å². The molecule has 0 aliphatic heterocycles. The van der Waals surface area contributed by atoms with E-state index in [0.29, 0.717) is 5.95 Å². The van der Waals surface area contributed by atoms with Crippen molar-refractivity contribution in [3.8, 4) is 28.2 Å². The van der Waals surface area contributed by atoms with Crippen molar-refractivity contribution < 1.29 is 4.42 Å². The quantitative estimate of drug-likeness (QED) is 0.183. The number of rotatable bonds is 2. The Hall–Kier alpha value is -7.11. The van der Waals surface area contributed by atoms with E-state index in [1.807, 2.05) is 29.0 Å². The largest absolute Gasteiger partial charge is 0.455 e. The van der Waals surface area contributed by atoms with Crippen LogP contribution in [-0.4, -0.2) is 19.5 Å². The zero-order valence-electron chi connectivity index (χ0n) is 28.4. The summed E-state index contributed by atoms with van der Waals surface area (Å²) in [6.07, 6.45) is 9.94. The molecule has 0 radical (unpaired) electrons. The van der Waals surface area contributed by atoms with E-state index < -0.39 is 5.41 Å². The van der Waals surface area contributed by atoms with Crippen LogP contribution < -0.4 is 0 Å². The smallest absolute Gasteiger partial charge is 0.235 e. The highest BCUT2D eigenvalue weighted by Crippen LogP contribution is 2.60. The maximum absolute atomic E-state index is 6.76. The molecule has 0 amide bonds. The second kappa shape index (κ2) is 10.5. The minimum Gasteiger partial charge on any atom is -0.455 e. The molecule has 0 saturated carbocycles. The van der Waals surface area contributed by atoms with Crippen molar-refractivity contribution in [1.29, 1.82) is 0 Å². The zero-order valence-corrected chi connectivity index (χ0v) is 28.4. The Balaban J connectivity index is 1.15. The standard InChI is InChI=1S/C48H28N4O/c1-4-13-38-29(9-1)16-17-30-18-19-32(31-20-23-42-37(27-31)35-12-7-24-49-46(35)52(42)47-50-25-8-26-51-47)28-41(30)48(38)39-14-5-2-11-36(39)44-40(48)22-21-34-33-10-3-6-15-43(33)53-45(34)44/h1-28H. The molecular formula is C48H28N4O. The highest BCUT2D eigenvalue weighted by Gasteiger charge is 2.49. The van der Waals surface area contributed by atoms with Crippen molar-refractivity contribution in [3.63, 3.8) is 0 Å². The molecule has 5 nitrogen and oxygen atoms in total. The Kier molecular flexibility index (Phi) is 5.64. The SMILES string of the molecule is C1=Cc2ccc(-c3ccc4c(c3)c3cccnc3n4-c3ncccn3)cc2C2(c3ccccc31)c1ccccc1-c1c2ccc2c1oc1ccccc12. The van der Waals surface area contributed by atoms with Crippen LogP contribution in [0.2, 0.25) is 0 Å². The Morgan fingerprint density at radius 1 is 0.491 bits per heavy atom. The predicted octanol–water partition coefficient (Wildman–Crippen LogP) is 11.4. The zero-order chi connectivity index (χ0) is 34.7. The lowest BCUT2D eigenvalue weighted by molar-refractivity contribution is 0.669. The van der Waals surface area contributed by atoms with Gasteiger partial charge >= 0.3 is 0 Å². The lowest BCUT2D eigenvalue weighted by Gasteiger charge is -2.35. The van der Waals surface area contributed by atoms with E-state index in [1.54, 1.807) is 12.4 Å². The molecule has 0 saturated heterocycles. The Bertz CT molecular complexity index is 3190. The maximum atomic E-state index is 6.76. The molecule has 0 N–H and O–H groups in total. The summed E-state index contributed by atoms with van der Waals surface area (Å²) in [5, 5.41) is 4.45. The molecule has 53 heavy (non-hydrogen) atoms. The van der Waals surface area contributed by atoms with E-state index in [1.165, 1.54) is 44.5 Å². The first-order valence-corrected chi connectivity index (χ1v) is 17.9. The molecule has 12 rings (SSSR count). The first kappa shape index (κ1) is 28.6. The highest BCUT2D eigenvalue weighted by molar-refractivity contribution is 6.13. The number of benzene rings is 6. The molecule has 246 valence electrons. The van der Waals surface area contributed by atoms with E-state index in [2.05, 4.69) is 143 Å². The third-order valence-electron chi connectivity index (χ3n) is 11.4. The van der Waals surface area contributed by atoms with Crippen molar-refractivity contribution in [2.24, 2.45) is 0 Å². The maximum Gasteiger partial charge on any atom is 0.235 e. The molecule has 6 aromatic carbocycles. The normalized spacial score (nSPS) is 15.5. The molecule has 10 aromatic rings. The van der Waals surface area contributed by atoms with Crippen LogP contribution in [0.3, 0.4) is 0 Å². The number of para-hydroxylation sites is 1. The number of fused-ring (bicyclic) bond motifs is 16. The van der Waals surface area contributed by atoms with E-state index in [-0.39, 0.29) is 0 Å². The minimum absolute atomic E-state index is 0.584. The Morgan fingerprint density at radius 3 is 2.15 bits per heavy atom. The van der Waals surface area contributed by atoms with Crippen molar-refractivity contribution in [2.75, 3.05) is 0 Å². The van der Waals surface area contributed by atoms with Crippen molar-refractivity contribution in [2.45, 2.75) is 5.41 Å². The van der Waals surface area contributed by atoms with Gasteiger partial charge in [-0.2, -0.15) is 0 Å². The monoisotopic (exact) mass is 676 g/mol. The minimum atomic E-state index is -0.584. The van der Waals surface area contributed by atoms with E-state index >= 15 is 0 Å². The van der Waals surface area contributed by atoms with Crippen LogP contribution in [0.25, 0.3) is 84.2 Å². The number of hydrogen-bond acceptors (Lipinski definition) is 4. The summed E-state index contributed by atoms with van der Waals surface area (Å²) in [4.78, 5) is 14.0. The fourth-order valence-electron chi connectivity index (χ4n) is 9.27. The van der Waals surface area contributed by atoms with Crippen LogP contribution in [0.15, 0.2) is 163 Å². The molecule has 1 unspecified atom stereocenters. The van der Waals surface area contributed by atoms with Crippen molar-refractivity contribution >= 4 is 56.0 Å². The van der Waals surface area contributed by atoms with E-state index in [0.717, 1.165) is 55.0 Å². The van der Waals surface area contributed by atoms with Crippen molar-refractivity contribution in [3.05, 3.63) is 191 Å². The summed E-state index contributed by atoms with van der Waals surface area (Å²) in [5.41, 5.74) is 15.2. The van der Waals surface area contributed by atoms with E-state index in [4.69, 9.17) is 9.40 Å². The molecule has 0 fully saturated rings. The van der Waals surface area contributed by atoms with Gasteiger partial charge in [-0.15, -0.1) is 0 Å². The second-order valence-corrected chi connectivity index (χ2v) is 14.0. The van der Waals surface area contributed by atoms with Gasteiger partial charge < -0.3 is 4.42 Å². The molecule has 4 aromatic heterocycles. The van der Waals surface area contributed by atoms with Gasteiger partial charge in [-0.3, -0.25) is 4.57 Å². The molecule has 5 heteroatoms. The first-order valence-electron chi connectivity index (χ1n) is 17.9. The van der Waals surface area contributed by atoms with E-state index in [9.17, 15) is 0 Å². The summed E-state index contributed by atoms with van der Waals surface area (Å²) in [6.45, 7) is 0. The summed E-state index contributed by atoms with van der Waals surface area (Å²) >= 11 is 0. The molecule has 2 aliphatic rings.